The highest BCUT2D eigenvalue weighted by Crippen LogP contribution is 2.34. The van der Waals surface area contributed by atoms with Crippen molar-refractivity contribution in [2.75, 3.05) is 0 Å². The first kappa shape index (κ1) is 19.4. The van der Waals surface area contributed by atoms with E-state index in [-0.39, 0.29) is 6.42 Å². The second-order valence-electron chi connectivity index (χ2n) is 6.08. The van der Waals surface area contributed by atoms with Crippen LogP contribution in [0.3, 0.4) is 0 Å². The number of unbranched alkanes of at least 4 members (excludes halogenated alkanes) is 1. The largest absolute Gasteiger partial charge is 0.426 e. The van der Waals surface area contributed by atoms with E-state index in [1.165, 1.54) is 0 Å². The summed E-state index contributed by atoms with van der Waals surface area (Å²) in [5.41, 5.74) is -1.41. The SMILES string of the molecule is C=CCC(CCCC)(C(=O)Oc1ccccc1)C(=O)Oc1ccccc1. The van der Waals surface area contributed by atoms with Crippen molar-refractivity contribution in [1.29, 1.82) is 0 Å². The van der Waals surface area contributed by atoms with Gasteiger partial charge in [0.1, 0.15) is 11.5 Å². The normalized spacial score (nSPS) is 10.8. The molecule has 4 heteroatoms. The van der Waals surface area contributed by atoms with Crippen molar-refractivity contribution in [2.24, 2.45) is 5.41 Å². The van der Waals surface area contributed by atoms with Crippen molar-refractivity contribution in [3.8, 4) is 11.5 Å². The Hall–Kier alpha value is -2.88. The number of hydrogen-bond acceptors (Lipinski definition) is 4. The molecule has 0 spiro atoms. The van der Waals surface area contributed by atoms with Crippen LogP contribution in [0.15, 0.2) is 73.3 Å². The smallest absolute Gasteiger partial charge is 0.329 e. The molecule has 0 unspecified atom stereocenters. The van der Waals surface area contributed by atoms with Gasteiger partial charge in [0.05, 0.1) is 0 Å². The van der Waals surface area contributed by atoms with E-state index in [0.717, 1.165) is 6.42 Å². The van der Waals surface area contributed by atoms with E-state index in [4.69, 9.17) is 9.47 Å². The van der Waals surface area contributed by atoms with Crippen molar-refractivity contribution in [3.05, 3.63) is 73.3 Å². The Balaban J connectivity index is 2.31. The van der Waals surface area contributed by atoms with Crippen molar-refractivity contribution in [1.82, 2.24) is 0 Å². The second-order valence-corrected chi connectivity index (χ2v) is 6.08. The fraction of sp³-hybridized carbons (Fsp3) is 0.273. The van der Waals surface area contributed by atoms with Gasteiger partial charge >= 0.3 is 11.9 Å². The summed E-state index contributed by atoms with van der Waals surface area (Å²) in [5, 5.41) is 0. The van der Waals surface area contributed by atoms with E-state index in [2.05, 4.69) is 6.58 Å². The molecule has 26 heavy (non-hydrogen) atoms. The molecule has 0 aliphatic carbocycles. The molecule has 2 aromatic carbocycles. The molecule has 0 atom stereocenters. The van der Waals surface area contributed by atoms with E-state index in [1.54, 1.807) is 54.6 Å². The molecule has 0 bridgehead atoms. The number of carbonyl (C=O) groups is 2. The Morgan fingerprint density at radius 3 is 1.77 bits per heavy atom. The minimum absolute atomic E-state index is 0.157. The standard InChI is InChI=1S/C22H24O4/c1-3-5-17-22(16-4-2,20(23)25-18-12-8-6-9-13-18)21(24)26-19-14-10-7-11-15-19/h4,6-15H,2-3,5,16-17H2,1H3. The van der Waals surface area contributed by atoms with Gasteiger partial charge in [-0.2, -0.15) is 0 Å². The summed E-state index contributed by atoms with van der Waals surface area (Å²) in [7, 11) is 0. The highest BCUT2D eigenvalue weighted by atomic mass is 16.6. The lowest BCUT2D eigenvalue weighted by Crippen LogP contribution is -2.44. The molecule has 4 nitrogen and oxygen atoms in total. The number of hydrogen-bond donors (Lipinski definition) is 0. The lowest BCUT2D eigenvalue weighted by Gasteiger charge is -2.28. The fourth-order valence-corrected chi connectivity index (χ4v) is 2.67. The zero-order chi connectivity index (χ0) is 18.8. The van der Waals surface area contributed by atoms with Crippen molar-refractivity contribution < 1.29 is 19.1 Å². The first-order valence-electron chi connectivity index (χ1n) is 8.78. The molecule has 0 aromatic heterocycles. The highest BCUT2D eigenvalue weighted by Gasteiger charge is 2.48. The predicted octanol–water partition coefficient (Wildman–Crippen LogP) is 4.95. The number of para-hydroxylation sites is 2. The van der Waals surface area contributed by atoms with Crippen LogP contribution < -0.4 is 9.47 Å². The van der Waals surface area contributed by atoms with Gasteiger partial charge in [0.25, 0.3) is 0 Å². The average Bonchev–Trinajstić information content (AvgIpc) is 2.66. The first-order chi connectivity index (χ1) is 12.6. The maximum absolute atomic E-state index is 13.0. The third-order valence-corrected chi connectivity index (χ3v) is 4.14. The molecule has 0 saturated carbocycles. The van der Waals surface area contributed by atoms with E-state index >= 15 is 0 Å². The summed E-state index contributed by atoms with van der Waals surface area (Å²) in [6.07, 6.45) is 3.60. The quantitative estimate of drug-likeness (QED) is 0.277. The Kier molecular flexibility index (Phi) is 7.15. The number of carbonyl (C=O) groups excluding carboxylic acids is 2. The third kappa shape index (κ3) is 4.82. The van der Waals surface area contributed by atoms with Crippen molar-refractivity contribution >= 4 is 11.9 Å². The molecule has 0 radical (unpaired) electrons. The number of rotatable bonds is 9. The third-order valence-electron chi connectivity index (χ3n) is 4.14. The van der Waals surface area contributed by atoms with Gasteiger partial charge < -0.3 is 9.47 Å². The first-order valence-corrected chi connectivity index (χ1v) is 8.78. The molecular formula is C22H24O4. The lowest BCUT2D eigenvalue weighted by molar-refractivity contribution is -0.161. The molecular weight excluding hydrogens is 328 g/mol. The van der Waals surface area contributed by atoms with Crippen molar-refractivity contribution in [2.45, 2.75) is 32.6 Å². The minimum atomic E-state index is -1.41. The van der Waals surface area contributed by atoms with Crippen molar-refractivity contribution in [3.63, 3.8) is 0 Å². The summed E-state index contributed by atoms with van der Waals surface area (Å²) in [6.45, 7) is 5.72. The van der Waals surface area contributed by atoms with Gasteiger partial charge in [-0.3, -0.25) is 9.59 Å². The van der Waals surface area contributed by atoms with Crippen LogP contribution in [0.25, 0.3) is 0 Å². The van der Waals surface area contributed by atoms with Gasteiger partial charge in [-0.1, -0.05) is 62.2 Å². The van der Waals surface area contributed by atoms with Gasteiger partial charge in [0.2, 0.25) is 0 Å². The monoisotopic (exact) mass is 352 g/mol. The summed E-state index contributed by atoms with van der Waals surface area (Å²) in [5.74, 6) is -0.430. The van der Waals surface area contributed by atoms with Crippen LogP contribution >= 0.6 is 0 Å². The molecule has 0 fully saturated rings. The minimum Gasteiger partial charge on any atom is -0.426 e. The molecule has 0 aliphatic rings. The summed E-state index contributed by atoms with van der Waals surface area (Å²) in [4.78, 5) is 26.0. The van der Waals surface area contributed by atoms with Crippen LogP contribution in [0.2, 0.25) is 0 Å². The molecule has 0 amide bonds. The van der Waals surface area contributed by atoms with E-state index < -0.39 is 17.4 Å². The molecule has 0 N–H and O–H groups in total. The number of esters is 2. The van der Waals surface area contributed by atoms with E-state index in [9.17, 15) is 9.59 Å². The van der Waals surface area contributed by atoms with E-state index in [1.807, 2.05) is 19.1 Å². The second kappa shape index (κ2) is 9.56. The van der Waals surface area contributed by atoms with E-state index in [0.29, 0.717) is 24.3 Å². The Morgan fingerprint density at radius 2 is 1.38 bits per heavy atom. The molecule has 0 heterocycles. The summed E-state index contributed by atoms with van der Waals surface area (Å²) >= 11 is 0. The van der Waals surface area contributed by atoms with Crippen LogP contribution in [0.4, 0.5) is 0 Å². The lowest BCUT2D eigenvalue weighted by atomic mass is 9.79. The van der Waals surface area contributed by atoms with Gasteiger partial charge in [0.15, 0.2) is 5.41 Å². The van der Waals surface area contributed by atoms with Gasteiger partial charge in [-0.15, -0.1) is 6.58 Å². The zero-order valence-corrected chi connectivity index (χ0v) is 15.0. The zero-order valence-electron chi connectivity index (χ0n) is 15.0. The molecule has 0 aliphatic heterocycles. The van der Waals surface area contributed by atoms with Gasteiger partial charge in [-0.05, 0) is 37.1 Å². The van der Waals surface area contributed by atoms with Crippen LogP contribution in [0.5, 0.6) is 11.5 Å². The molecule has 2 rings (SSSR count). The van der Waals surface area contributed by atoms with Crippen LogP contribution in [-0.4, -0.2) is 11.9 Å². The number of allylic oxidation sites excluding steroid dienone is 1. The topological polar surface area (TPSA) is 52.6 Å². The number of benzene rings is 2. The molecule has 2 aromatic rings. The Morgan fingerprint density at radius 1 is 0.923 bits per heavy atom. The Labute approximate surface area is 154 Å². The van der Waals surface area contributed by atoms with Gasteiger partial charge in [0, 0.05) is 0 Å². The van der Waals surface area contributed by atoms with Gasteiger partial charge in [-0.25, -0.2) is 0 Å². The fourth-order valence-electron chi connectivity index (χ4n) is 2.67. The maximum Gasteiger partial charge on any atom is 0.329 e. The van der Waals surface area contributed by atoms with Crippen LogP contribution in [0.1, 0.15) is 32.6 Å². The van der Waals surface area contributed by atoms with Crippen LogP contribution in [-0.2, 0) is 9.59 Å². The Bertz CT molecular complexity index is 669. The summed E-state index contributed by atoms with van der Waals surface area (Å²) < 4.78 is 11.0. The molecule has 136 valence electrons. The highest BCUT2D eigenvalue weighted by molar-refractivity contribution is 6.01. The maximum atomic E-state index is 13.0. The number of ether oxygens (including phenoxy) is 2. The van der Waals surface area contributed by atoms with Crippen LogP contribution in [0, 0.1) is 5.41 Å². The average molecular weight is 352 g/mol. The molecule has 0 saturated heterocycles. The predicted molar refractivity (Wildman–Crippen MR) is 101 cm³/mol. The summed E-state index contributed by atoms with van der Waals surface area (Å²) in [6, 6.07) is 17.5.